The summed E-state index contributed by atoms with van der Waals surface area (Å²) in [6.07, 6.45) is 0.900. The van der Waals surface area contributed by atoms with Crippen LogP contribution in [0.15, 0.2) is 53.4 Å². The van der Waals surface area contributed by atoms with E-state index in [9.17, 15) is 9.59 Å². The number of hydrogen-bond acceptors (Lipinski definition) is 4. The summed E-state index contributed by atoms with van der Waals surface area (Å²) in [5.74, 6) is 0.290. The molecule has 0 fully saturated rings. The molecule has 0 saturated heterocycles. The van der Waals surface area contributed by atoms with Crippen molar-refractivity contribution >= 4 is 29.3 Å². The highest BCUT2D eigenvalue weighted by Gasteiger charge is 2.24. The molecule has 142 valence electrons. The minimum atomic E-state index is -0.102. The maximum Gasteiger partial charge on any atom is 0.252 e. The highest BCUT2D eigenvalue weighted by atomic mass is 32.2. The van der Waals surface area contributed by atoms with Crippen LogP contribution < -0.4 is 15.5 Å². The van der Waals surface area contributed by atoms with Gasteiger partial charge in [0.2, 0.25) is 5.91 Å². The van der Waals surface area contributed by atoms with Gasteiger partial charge in [-0.1, -0.05) is 37.3 Å². The summed E-state index contributed by atoms with van der Waals surface area (Å²) in [5.41, 5.74) is 2.85. The molecule has 2 aromatic rings. The summed E-state index contributed by atoms with van der Waals surface area (Å²) in [7, 11) is 0. The lowest BCUT2D eigenvalue weighted by atomic mass is 10.2. The Morgan fingerprint density at radius 1 is 1.07 bits per heavy atom. The lowest BCUT2D eigenvalue weighted by Gasteiger charge is -2.17. The van der Waals surface area contributed by atoms with Gasteiger partial charge in [0.15, 0.2) is 0 Å². The molecule has 0 aliphatic carbocycles. The Balaban J connectivity index is 1.60. The number of para-hydroxylation sites is 1. The first kappa shape index (κ1) is 19.5. The van der Waals surface area contributed by atoms with E-state index in [-0.39, 0.29) is 11.8 Å². The Hall–Kier alpha value is -2.31. The van der Waals surface area contributed by atoms with Gasteiger partial charge < -0.3 is 15.5 Å². The molecule has 5 nitrogen and oxygen atoms in total. The molecular weight excluding hydrogens is 358 g/mol. The van der Waals surface area contributed by atoms with Crippen molar-refractivity contribution in [3.8, 4) is 0 Å². The minimum absolute atomic E-state index is 0.0762. The van der Waals surface area contributed by atoms with Gasteiger partial charge in [0, 0.05) is 30.2 Å². The maximum absolute atomic E-state index is 12.7. The van der Waals surface area contributed by atoms with Gasteiger partial charge in [0.25, 0.3) is 5.91 Å². The first-order chi connectivity index (χ1) is 13.2. The maximum atomic E-state index is 12.7. The summed E-state index contributed by atoms with van der Waals surface area (Å²) in [5, 5.41) is 6.10. The first-order valence-electron chi connectivity index (χ1n) is 9.29. The highest BCUT2D eigenvalue weighted by Crippen LogP contribution is 2.29. The van der Waals surface area contributed by atoms with E-state index in [1.54, 1.807) is 6.07 Å². The molecule has 1 heterocycles. The second kappa shape index (κ2) is 9.58. The quantitative estimate of drug-likeness (QED) is 0.544. The molecule has 0 atom stereocenters. The SMILES string of the molecule is CCNCCNC(=O)c1ccccc1SCC(=O)N1CCc2ccccc21. The monoisotopic (exact) mass is 383 g/mol. The van der Waals surface area contributed by atoms with Crippen LogP contribution in [0.1, 0.15) is 22.8 Å². The summed E-state index contributed by atoms with van der Waals surface area (Å²) < 4.78 is 0. The molecule has 2 aromatic carbocycles. The minimum Gasteiger partial charge on any atom is -0.351 e. The predicted molar refractivity (Wildman–Crippen MR) is 111 cm³/mol. The number of likely N-dealkylation sites (N-methyl/N-ethyl adjacent to an activating group) is 1. The average Bonchev–Trinajstić information content (AvgIpc) is 3.14. The van der Waals surface area contributed by atoms with Gasteiger partial charge in [-0.2, -0.15) is 0 Å². The van der Waals surface area contributed by atoms with Crippen molar-refractivity contribution in [2.75, 3.05) is 36.8 Å². The number of benzene rings is 2. The summed E-state index contributed by atoms with van der Waals surface area (Å²) in [4.78, 5) is 27.8. The standard InChI is InChI=1S/C21H25N3O2S/c1-2-22-12-13-23-21(26)17-8-4-6-10-19(17)27-15-20(25)24-14-11-16-7-3-5-9-18(16)24/h3-10,22H,2,11-15H2,1H3,(H,23,26). The Morgan fingerprint density at radius 2 is 1.85 bits per heavy atom. The van der Waals surface area contributed by atoms with E-state index < -0.39 is 0 Å². The van der Waals surface area contributed by atoms with Crippen LogP contribution in [0.5, 0.6) is 0 Å². The lowest BCUT2D eigenvalue weighted by molar-refractivity contribution is -0.116. The molecule has 0 aromatic heterocycles. The van der Waals surface area contributed by atoms with Crippen molar-refractivity contribution in [1.29, 1.82) is 0 Å². The van der Waals surface area contributed by atoms with Crippen molar-refractivity contribution in [3.05, 3.63) is 59.7 Å². The Bertz CT molecular complexity index is 810. The fourth-order valence-corrected chi connectivity index (χ4v) is 4.06. The van der Waals surface area contributed by atoms with Crippen LogP contribution in [0.25, 0.3) is 0 Å². The molecule has 0 bridgehead atoms. The number of nitrogens with one attached hydrogen (secondary N) is 2. The van der Waals surface area contributed by atoms with E-state index in [0.717, 1.165) is 36.6 Å². The third-order valence-corrected chi connectivity index (χ3v) is 5.57. The van der Waals surface area contributed by atoms with Crippen LogP contribution in [0.4, 0.5) is 5.69 Å². The summed E-state index contributed by atoms with van der Waals surface area (Å²) in [6.45, 7) is 4.96. The van der Waals surface area contributed by atoms with Crippen LogP contribution in [0.2, 0.25) is 0 Å². The third-order valence-electron chi connectivity index (χ3n) is 4.51. The lowest BCUT2D eigenvalue weighted by Crippen LogP contribution is -2.32. The second-order valence-electron chi connectivity index (χ2n) is 6.32. The van der Waals surface area contributed by atoms with Crippen molar-refractivity contribution in [2.24, 2.45) is 0 Å². The van der Waals surface area contributed by atoms with E-state index in [1.807, 2.05) is 48.2 Å². The molecule has 0 unspecified atom stereocenters. The molecule has 0 spiro atoms. The second-order valence-corrected chi connectivity index (χ2v) is 7.34. The van der Waals surface area contributed by atoms with Crippen LogP contribution in [0, 0.1) is 0 Å². The molecule has 0 saturated carbocycles. The molecule has 6 heteroatoms. The van der Waals surface area contributed by atoms with Crippen molar-refractivity contribution in [1.82, 2.24) is 10.6 Å². The van der Waals surface area contributed by atoms with Gasteiger partial charge in [0.1, 0.15) is 0 Å². The van der Waals surface area contributed by atoms with Gasteiger partial charge >= 0.3 is 0 Å². The van der Waals surface area contributed by atoms with Gasteiger partial charge in [-0.25, -0.2) is 0 Å². The molecule has 2 amide bonds. The fraction of sp³-hybridized carbons (Fsp3) is 0.333. The van der Waals surface area contributed by atoms with Crippen molar-refractivity contribution in [3.63, 3.8) is 0 Å². The van der Waals surface area contributed by atoms with Crippen molar-refractivity contribution < 1.29 is 9.59 Å². The summed E-state index contributed by atoms with van der Waals surface area (Å²) in [6, 6.07) is 15.5. The van der Waals surface area contributed by atoms with Gasteiger partial charge in [-0.05, 0) is 36.7 Å². The van der Waals surface area contributed by atoms with E-state index in [1.165, 1.54) is 17.3 Å². The van der Waals surface area contributed by atoms with Crippen molar-refractivity contribution in [2.45, 2.75) is 18.2 Å². The Kier molecular flexibility index (Phi) is 6.90. The number of rotatable bonds is 8. The molecule has 1 aliphatic rings. The molecular formula is C21H25N3O2S. The zero-order chi connectivity index (χ0) is 19.1. The highest BCUT2D eigenvalue weighted by molar-refractivity contribution is 8.00. The third kappa shape index (κ3) is 4.90. The van der Waals surface area contributed by atoms with Crippen LogP contribution in [0.3, 0.4) is 0 Å². The van der Waals surface area contributed by atoms with Gasteiger partial charge in [-0.3, -0.25) is 9.59 Å². The largest absolute Gasteiger partial charge is 0.351 e. The van der Waals surface area contributed by atoms with Gasteiger partial charge in [-0.15, -0.1) is 11.8 Å². The van der Waals surface area contributed by atoms with E-state index in [0.29, 0.717) is 17.9 Å². The topological polar surface area (TPSA) is 61.4 Å². The zero-order valence-electron chi connectivity index (χ0n) is 15.5. The predicted octanol–water partition coefficient (Wildman–Crippen LogP) is 2.71. The van der Waals surface area contributed by atoms with Crippen LogP contribution >= 0.6 is 11.8 Å². The van der Waals surface area contributed by atoms with Crippen LogP contribution in [-0.2, 0) is 11.2 Å². The number of fused-ring (bicyclic) bond motifs is 1. The van der Waals surface area contributed by atoms with E-state index in [2.05, 4.69) is 16.7 Å². The number of anilines is 1. The smallest absolute Gasteiger partial charge is 0.252 e. The van der Waals surface area contributed by atoms with E-state index >= 15 is 0 Å². The van der Waals surface area contributed by atoms with Gasteiger partial charge in [0.05, 0.1) is 11.3 Å². The number of carbonyl (C=O) groups is 2. The average molecular weight is 384 g/mol. The molecule has 3 rings (SSSR count). The van der Waals surface area contributed by atoms with Crippen LogP contribution in [-0.4, -0.2) is 43.7 Å². The first-order valence-corrected chi connectivity index (χ1v) is 10.3. The number of hydrogen-bond donors (Lipinski definition) is 2. The Labute approximate surface area is 164 Å². The molecule has 2 N–H and O–H groups in total. The number of thioether (sulfide) groups is 1. The molecule has 1 aliphatic heterocycles. The zero-order valence-corrected chi connectivity index (χ0v) is 16.3. The fourth-order valence-electron chi connectivity index (χ4n) is 3.13. The summed E-state index contributed by atoms with van der Waals surface area (Å²) >= 11 is 1.42. The number of amides is 2. The van der Waals surface area contributed by atoms with E-state index in [4.69, 9.17) is 0 Å². The molecule has 0 radical (unpaired) electrons. The number of carbonyl (C=O) groups excluding carboxylic acids is 2. The Morgan fingerprint density at radius 3 is 2.70 bits per heavy atom. The normalized spacial score (nSPS) is 12.7. The molecule has 27 heavy (non-hydrogen) atoms. The number of nitrogens with zero attached hydrogens (tertiary/aromatic N) is 1.